The largest absolute Gasteiger partial charge is 0.444 e. The van der Waals surface area contributed by atoms with Gasteiger partial charge >= 0.3 is 6.09 Å². The van der Waals surface area contributed by atoms with Crippen molar-refractivity contribution in [2.45, 2.75) is 65.4 Å². The van der Waals surface area contributed by atoms with Crippen molar-refractivity contribution >= 4 is 36.0 Å². The molecule has 0 spiro atoms. The normalized spacial score (nSPS) is 21.7. The highest BCUT2D eigenvalue weighted by Crippen LogP contribution is 2.19. The quantitative estimate of drug-likeness (QED) is 0.235. The molecule has 1 unspecified atom stereocenters. The van der Waals surface area contributed by atoms with E-state index in [0.29, 0.717) is 5.92 Å². The number of hydrogen-bond acceptors (Lipinski definition) is 4. The molecule has 7 nitrogen and oxygen atoms in total. The summed E-state index contributed by atoms with van der Waals surface area (Å²) in [6, 6.07) is 0. The zero-order valence-corrected chi connectivity index (χ0v) is 22.0. The van der Waals surface area contributed by atoms with Gasteiger partial charge in [-0.15, -0.1) is 24.0 Å². The Morgan fingerprint density at radius 3 is 2.47 bits per heavy atom. The predicted octanol–water partition coefficient (Wildman–Crippen LogP) is 3.54. The van der Waals surface area contributed by atoms with E-state index < -0.39 is 5.60 Å². The van der Waals surface area contributed by atoms with Crippen molar-refractivity contribution < 1.29 is 9.53 Å². The topological polar surface area (TPSA) is 69.2 Å². The summed E-state index contributed by atoms with van der Waals surface area (Å²) in [5.74, 6) is 2.16. The molecular weight excluding hydrogens is 493 g/mol. The molecule has 2 fully saturated rings. The van der Waals surface area contributed by atoms with Crippen LogP contribution < -0.4 is 10.6 Å². The molecule has 0 aromatic heterocycles. The Kier molecular flexibility index (Phi) is 12.4. The molecule has 2 heterocycles. The molecule has 0 aliphatic carbocycles. The molecule has 2 N–H and O–H groups in total. The SMILES string of the molecule is CN=C(NCCCN1CCC(C)CC1)NCC1CCCN(C(=O)OC(C)(C)C)C1.I. The van der Waals surface area contributed by atoms with Crippen LogP contribution in [0.25, 0.3) is 0 Å². The number of carbonyl (C=O) groups is 1. The molecule has 0 aromatic rings. The first-order chi connectivity index (χ1) is 13.8. The van der Waals surface area contributed by atoms with Crippen LogP contribution in [-0.4, -0.2) is 80.3 Å². The van der Waals surface area contributed by atoms with E-state index in [9.17, 15) is 4.79 Å². The molecule has 1 amide bonds. The Morgan fingerprint density at radius 2 is 1.83 bits per heavy atom. The molecule has 2 rings (SSSR count). The second-order valence-electron chi connectivity index (χ2n) is 9.69. The van der Waals surface area contributed by atoms with Crippen LogP contribution in [-0.2, 0) is 4.74 Å². The minimum atomic E-state index is -0.444. The third-order valence-electron chi connectivity index (χ3n) is 5.77. The lowest BCUT2D eigenvalue weighted by Gasteiger charge is -2.34. The van der Waals surface area contributed by atoms with Gasteiger partial charge < -0.3 is 25.2 Å². The first-order valence-electron chi connectivity index (χ1n) is 11.4. The van der Waals surface area contributed by atoms with Gasteiger partial charge in [-0.3, -0.25) is 4.99 Å². The van der Waals surface area contributed by atoms with Gasteiger partial charge in [0.05, 0.1) is 0 Å². The standard InChI is InChI=1S/C22H43N5O2.HI/c1-18-9-14-26(15-10-18)12-7-11-24-20(23-5)25-16-19-8-6-13-27(17-19)21(28)29-22(2,3)4;/h18-19H,6-17H2,1-5H3,(H2,23,24,25);1H. The van der Waals surface area contributed by atoms with E-state index in [4.69, 9.17) is 4.74 Å². The summed E-state index contributed by atoms with van der Waals surface area (Å²) in [5.41, 5.74) is -0.444. The van der Waals surface area contributed by atoms with Crippen molar-refractivity contribution in [3.8, 4) is 0 Å². The summed E-state index contributed by atoms with van der Waals surface area (Å²) in [7, 11) is 1.81. The third kappa shape index (κ3) is 10.5. The fraction of sp³-hybridized carbons (Fsp3) is 0.909. The van der Waals surface area contributed by atoms with E-state index in [-0.39, 0.29) is 30.1 Å². The Morgan fingerprint density at radius 1 is 1.13 bits per heavy atom. The number of ether oxygens (including phenoxy) is 1. The van der Waals surface area contributed by atoms with Gasteiger partial charge in [-0.25, -0.2) is 4.79 Å². The van der Waals surface area contributed by atoms with Gasteiger partial charge in [0.15, 0.2) is 5.96 Å². The lowest BCUT2D eigenvalue weighted by Crippen LogP contribution is -2.47. The van der Waals surface area contributed by atoms with Crippen LogP contribution in [0.3, 0.4) is 0 Å². The number of rotatable bonds is 6. The lowest BCUT2D eigenvalue weighted by molar-refractivity contribution is 0.0168. The number of halogens is 1. The molecule has 0 bridgehead atoms. The Bertz CT molecular complexity index is 530. The second kappa shape index (κ2) is 13.6. The highest BCUT2D eigenvalue weighted by molar-refractivity contribution is 14.0. The van der Waals surface area contributed by atoms with Gasteiger partial charge in [0.2, 0.25) is 0 Å². The van der Waals surface area contributed by atoms with E-state index >= 15 is 0 Å². The molecule has 0 radical (unpaired) electrons. The van der Waals surface area contributed by atoms with Crippen LogP contribution in [0.5, 0.6) is 0 Å². The maximum atomic E-state index is 12.3. The van der Waals surface area contributed by atoms with E-state index in [1.165, 1.54) is 25.9 Å². The van der Waals surface area contributed by atoms with E-state index in [1.807, 2.05) is 32.7 Å². The van der Waals surface area contributed by atoms with Crippen molar-refractivity contribution in [2.24, 2.45) is 16.8 Å². The van der Waals surface area contributed by atoms with Crippen molar-refractivity contribution in [1.82, 2.24) is 20.4 Å². The number of guanidine groups is 1. The van der Waals surface area contributed by atoms with E-state index in [0.717, 1.165) is 63.9 Å². The molecule has 2 aliphatic rings. The van der Waals surface area contributed by atoms with Crippen LogP contribution in [0, 0.1) is 11.8 Å². The molecule has 30 heavy (non-hydrogen) atoms. The van der Waals surface area contributed by atoms with Crippen molar-refractivity contribution in [3.63, 3.8) is 0 Å². The number of nitrogens with one attached hydrogen (secondary N) is 2. The number of likely N-dealkylation sites (tertiary alicyclic amines) is 2. The summed E-state index contributed by atoms with van der Waals surface area (Å²) in [5, 5.41) is 6.87. The summed E-state index contributed by atoms with van der Waals surface area (Å²) >= 11 is 0. The maximum absolute atomic E-state index is 12.3. The van der Waals surface area contributed by atoms with Crippen LogP contribution in [0.1, 0.15) is 59.8 Å². The van der Waals surface area contributed by atoms with Crippen LogP contribution in [0.2, 0.25) is 0 Å². The molecule has 1 atom stereocenters. The minimum absolute atomic E-state index is 0. The maximum Gasteiger partial charge on any atom is 0.410 e. The van der Waals surface area contributed by atoms with Gasteiger partial charge in [-0.2, -0.15) is 0 Å². The van der Waals surface area contributed by atoms with Crippen molar-refractivity contribution in [2.75, 3.05) is 52.9 Å². The average Bonchev–Trinajstić information content (AvgIpc) is 2.68. The molecule has 176 valence electrons. The van der Waals surface area contributed by atoms with Crippen LogP contribution in [0.4, 0.5) is 4.79 Å². The van der Waals surface area contributed by atoms with Crippen molar-refractivity contribution in [3.05, 3.63) is 0 Å². The highest BCUT2D eigenvalue weighted by atomic mass is 127. The zero-order chi connectivity index (χ0) is 21.3. The van der Waals surface area contributed by atoms with Crippen molar-refractivity contribution in [1.29, 1.82) is 0 Å². The van der Waals surface area contributed by atoms with Crippen LogP contribution in [0.15, 0.2) is 4.99 Å². The number of piperidine rings is 2. The predicted molar refractivity (Wildman–Crippen MR) is 135 cm³/mol. The van der Waals surface area contributed by atoms with E-state index in [2.05, 4.69) is 27.4 Å². The van der Waals surface area contributed by atoms with Gasteiger partial charge in [-0.05, 0) is 84.3 Å². The smallest absolute Gasteiger partial charge is 0.410 e. The Labute approximate surface area is 200 Å². The number of hydrogen-bond donors (Lipinski definition) is 2. The van der Waals surface area contributed by atoms with Gasteiger partial charge in [-0.1, -0.05) is 6.92 Å². The summed E-state index contributed by atoms with van der Waals surface area (Å²) in [6.45, 7) is 15.0. The fourth-order valence-electron chi connectivity index (χ4n) is 3.98. The number of aliphatic imine (C=N–C) groups is 1. The van der Waals surface area contributed by atoms with Gasteiger partial charge in [0.1, 0.15) is 5.60 Å². The molecule has 0 saturated carbocycles. The molecule has 0 aromatic carbocycles. The molecule has 2 saturated heterocycles. The molecule has 8 heteroatoms. The number of nitrogens with zero attached hydrogens (tertiary/aromatic N) is 3. The molecular formula is C22H44IN5O2. The first kappa shape index (κ1) is 27.3. The number of amides is 1. The number of carbonyl (C=O) groups excluding carboxylic acids is 1. The minimum Gasteiger partial charge on any atom is -0.444 e. The third-order valence-corrected chi connectivity index (χ3v) is 5.77. The lowest BCUT2D eigenvalue weighted by atomic mass is 9.98. The van der Waals surface area contributed by atoms with Gasteiger partial charge in [0.25, 0.3) is 0 Å². The average molecular weight is 538 g/mol. The first-order valence-corrected chi connectivity index (χ1v) is 11.4. The fourth-order valence-corrected chi connectivity index (χ4v) is 3.98. The highest BCUT2D eigenvalue weighted by Gasteiger charge is 2.27. The molecule has 2 aliphatic heterocycles. The Hall–Kier alpha value is -0.770. The summed E-state index contributed by atoms with van der Waals surface area (Å²) in [4.78, 5) is 21.1. The Balaban J connectivity index is 0.00000450. The van der Waals surface area contributed by atoms with Gasteiger partial charge in [0, 0.05) is 33.2 Å². The second-order valence-corrected chi connectivity index (χ2v) is 9.69. The zero-order valence-electron chi connectivity index (χ0n) is 19.7. The van der Waals surface area contributed by atoms with Crippen LogP contribution >= 0.6 is 24.0 Å². The van der Waals surface area contributed by atoms with E-state index in [1.54, 1.807) is 0 Å². The monoisotopic (exact) mass is 537 g/mol. The summed E-state index contributed by atoms with van der Waals surface area (Å²) < 4.78 is 5.52. The summed E-state index contributed by atoms with van der Waals surface area (Å²) in [6.07, 6.45) is 5.74.